The van der Waals surface area contributed by atoms with Gasteiger partial charge in [0.2, 0.25) is 5.91 Å². The molecule has 0 aliphatic carbocycles. The topological polar surface area (TPSA) is 125 Å². The van der Waals surface area contributed by atoms with E-state index in [4.69, 9.17) is 0 Å². The van der Waals surface area contributed by atoms with Crippen LogP contribution in [0.4, 0.5) is 0 Å². The van der Waals surface area contributed by atoms with Crippen molar-refractivity contribution >= 4 is 22.8 Å². The normalized spacial score (nSPS) is 12.6. The van der Waals surface area contributed by atoms with Crippen molar-refractivity contribution in [3.8, 4) is 17.2 Å². The van der Waals surface area contributed by atoms with Crippen LogP contribution in [0.2, 0.25) is 0 Å². The Balaban J connectivity index is 1.71. The minimum absolute atomic E-state index is 0.0767. The Labute approximate surface area is 220 Å². The minimum atomic E-state index is -1.08. The van der Waals surface area contributed by atoms with Crippen molar-refractivity contribution in [1.82, 2.24) is 14.9 Å². The average Bonchev–Trinajstić information content (AvgIpc) is 2.91. The van der Waals surface area contributed by atoms with Gasteiger partial charge in [-0.3, -0.25) is 19.0 Å². The number of nitrogens with one attached hydrogen (secondary N) is 1. The maximum Gasteiger partial charge on any atom is 0.305 e. The van der Waals surface area contributed by atoms with Crippen molar-refractivity contribution in [3.63, 3.8) is 0 Å². The van der Waals surface area contributed by atoms with Gasteiger partial charge < -0.3 is 10.4 Å². The minimum Gasteiger partial charge on any atom is -0.481 e. The van der Waals surface area contributed by atoms with Gasteiger partial charge in [0.15, 0.2) is 0 Å². The highest BCUT2D eigenvalue weighted by Crippen LogP contribution is 2.28. The van der Waals surface area contributed by atoms with Gasteiger partial charge in [-0.15, -0.1) is 0 Å². The predicted molar refractivity (Wildman–Crippen MR) is 144 cm³/mol. The van der Waals surface area contributed by atoms with Crippen molar-refractivity contribution < 1.29 is 14.7 Å². The van der Waals surface area contributed by atoms with Crippen LogP contribution in [0.25, 0.3) is 22.0 Å². The summed E-state index contributed by atoms with van der Waals surface area (Å²) in [6, 6.07) is 21.6. The molecule has 3 aromatic carbocycles. The van der Waals surface area contributed by atoms with Crippen LogP contribution >= 0.6 is 0 Å². The monoisotopic (exact) mass is 508 g/mol. The number of hydrogen-bond donors (Lipinski definition) is 2. The molecule has 1 heterocycles. The molecule has 1 unspecified atom stereocenters. The van der Waals surface area contributed by atoms with Crippen LogP contribution < -0.4 is 10.9 Å². The largest absolute Gasteiger partial charge is 0.481 e. The molecule has 1 amide bonds. The van der Waals surface area contributed by atoms with Gasteiger partial charge in [0, 0.05) is 0 Å². The molecule has 0 bridgehead atoms. The van der Waals surface area contributed by atoms with E-state index >= 15 is 0 Å². The predicted octanol–water partition coefficient (Wildman–Crippen LogP) is 4.85. The number of hydrogen-bond acceptors (Lipinski definition) is 5. The van der Waals surface area contributed by atoms with E-state index in [9.17, 15) is 24.8 Å². The number of carboxylic acid groups (broad SMARTS) is 1. The van der Waals surface area contributed by atoms with E-state index in [0.29, 0.717) is 34.0 Å². The average molecular weight is 509 g/mol. The maximum absolute atomic E-state index is 13.7. The Kier molecular flexibility index (Phi) is 7.97. The Morgan fingerprint density at radius 1 is 1.05 bits per heavy atom. The van der Waals surface area contributed by atoms with Crippen molar-refractivity contribution in [2.75, 3.05) is 0 Å². The van der Waals surface area contributed by atoms with Crippen LogP contribution in [-0.2, 0) is 9.59 Å². The summed E-state index contributed by atoms with van der Waals surface area (Å²) < 4.78 is 1.33. The Morgan fingerprint density at radius 3 is 2.53 bits per heavy atom. The zero-order valence-corrected chi connectivity index (χ0v) is 21.2. The molecule has 1 aromatic heterocycles. The summed E-state index contributed by atoms with van der Waals surface area (Å²) in [5, 5.41) is 22.4. The number of nitriles is 1. The number of amides is 1. The van der Waals surface area contributed by atoms with Crippen LogP contribution in [0.1, 0.15) is 49.9 Å². The standard InChI is InChI=1S/C30H28N4O4/c1-19(2)14-27(34-18-32-25-13-6-5-12-24(25)30(34)38)29(37)33-26(16-28(35)36)21-10-7-9-20(15-21)23-11-4-3-8-22(23)17-31/h3-13,15,18-19,26-27H,14,16H2,1-2H3,(H,33,37)(H,35,36)/t26?,27-/m0/s1. The van der Waals surface area contributed by atoms with Crippen LogP contribution in [-0.4, -0.2) is 26.5 Å². The first-order valence-corrected chi connectivity index (χ1v) is 12.4. The van der Waals surface area contributed by atoms with E-state index in [1.54, 1.807) is 54.6 Å². The third-order valence-electron chi connectivity index (χ3n) is 6.37. The van der Waals surface area contributed by atoms with Crippen molar-refractivity contribution in [2.24, 2.45) is 5.92 Å². The number of aliphatic carboxylic acids is 1. The van der Waals surface area contributed by atoms with E-state index < -0.39 is 24.0 Å². The fourth-order valence-electron chi connectivity index (χ4n) is 4.55. The van der Waals surface area contributed by atoms with Crippen LogP contribution in [0.5, 0.6) is 0 Å². The number of carbonyl (C=O) groups is 2. The summed E-state index contributed by atoms with van der Waals surface area (Å²) in [5.74, 6) is -1.47. The molecule has 0 fully saturated rings. The molecule has 4 rings (SSSR count). The zero-order valence-electron chi connectivity index (χ0n) is 21.2. The van der Waals surface area contributed by atoms with Crippen molar-refractivity contribution in [3.05, 3.63) is 101 Å². The molecule has 4 aromatic rings. The molecule has 2 atom stereocenters. The molecule has 0 spiro atoms. The second-order valence-corrected chi connectivity index (χ2v) is 9.56. The van der Waals surface area contributed by atoms with Gasteiger partial charge in [-0.1, -0.05) is 62.4 Å². The summed E-state index contributed by atoms with van der Waals surface area (Å²) in [4.78, 5) is 43.1. The molecule has 0 saturated heterocycles. The first-order chi connectivity index (χ1) is 18.3. The lowest BCUT2D eigenvalue weighted by Crippen LogP contribution is -2.40. The van der Waals surface area contributed by atoms with E-state index in [2.05, 4.69) is 16.4 Å². The highest BCUT2D eigenvalue weighted by Gasteiger charge is 2.27. The van der Waals surface area contributed by atoms with E-state index in [-0.39, 0.29) is 17.9 Å². The third kappa shape index (κ3) is 5.79. The quantitative estimate of drug-likeness (QED) is 0.333. The summed E-state index contributed by atoms with van der Waals surface area (Å²) in [6.45, 7) is 3.90. The first kappa shape index (κ1) is 26.3. The Bertz CT molecular complexity index is 1590. The molecule has 0 aliphatic rings. The lowest BCUT2D eigenvalue weighted by atomic mass is 9.95. The second-order valence-electron chi connectivity index (χ2n) is 9.56. The summed E-state index contributed by atoms with van der Waals surface area (Å²) in [5.41, 5.74) is 2.72. The highest BCUT2D eigenvalue weighted by atomic mass is 16.4. The van der Waals surface area contributed by atoms with Crippen LogP contribution in [0, 0.1) is 17.2 Å². The van der Waals surface area contributed by atoms with E-state index in [1.165, 1.54) is 10.9 Å². The number of aromatic nitrogens is 2. The molecule has 0 saturated carbocycles. The number of carboxylic acids is 1. The second kappa shape index (κ2) is 11.5. The number of carbonyl (C=O) groups excluding carboxylic acids is 1. The fourth-order valence-corrected chi connectivity index (χ4v) is 4.55. The van der Waals surface area contributed by atoms with Crippen molar-refractivity contribution in [2.45, 2.75) is 38.8 Å². The van der Waals surface area contributed by atoms with Gasteiger partial charge >= 0.3 is 5.97 Å². The molecule has 8 heteroatoms. The summed E-state index contributed by atoms with van der Waals surface area (Å²) in [7, 11) is 0. The summed E-state index contributed by atoms with van der Waals surface area (Å²) in [6.07, 6.45) is 1.39. The summed E-state index contributed by atoms with van der Waals surface area (Å²) >= 11 is 0. The number of para-hydroxylation sites is 1. The van der Waals surface area contributed by atoms with Gasteiger partial charge in [-0.2, -0.15) is 5.26 Å². The molecule has 0 aliphatic heterocycles. The first-order valence-electron chi connectivity index (χ1n) is 12.4. The molecule has 8 nitrogen and oxygen atoms in total. The molecular formula is C30H28N4O4. The Hall–Kier alpha value is -4.77. The molecule has 2 N–H and O–H groups in total. The Morgan fingerprint density at radius 2 is 1.79 bits per heavy atom. The molecule has 0 radical (unpaired) electrons. The van der Waals surface area contributed by atoms with E-state index in [0.717, 1.165) is 5.56 Å². The van der Waals surface area contributed by atoms with Gasteiger partial charge in [-0.05, 0) is 53.3 Å². The zero-order chi connectivity index (χ0) is 27.2. The number of fused-ring (bicyclic) bond motifs is 1. The molecule has 192 valence electrons. The van der Waals surface area contributed by atoms with Crippen LogP contribution in [0.15, 0.2) is 83.9 Å². The number of rotatable bonds is 9. The SMILES string of the molecule is CC(C)C[C@@H](C(=O)NC(CC(=O)O)c1cccc(-c2ccccc2C#N)c1)n1cnc2ccccc2c1=O. The maximum atomic E-state index is 13.7. The van der Waals surface area contributed by atoms with Gasteiger partial charge in [0.25, 0.3) is 5.56 Å². The molecular weight excluding hydrogens is 480 g/mol. The number of nitrogens with zero attached hydrogens (tertiary/aromatic N) is 3. The molecule has 38 heavy (non-hydrogen) atoms. The third-order valence-corrected chi connectivity index (χ3v) is 6.37. The highest BCUT2D eigenvalue weighted by molar-refractivity contribution is 5.83. The van der Waals surface area contributed by atoms with Gasteiger partial charge in [0.1, 0.15) is 6.04 Å². The van der Waals surface area contributed by atoms with Crippen LogP contribution in [0.3, 0.4) is 0 Å². The fraction of sp³-hybridized carbons (Fsp3) is 0.233. The van der Waals surface area contributed by atoms with Crippen molar-refractivity contribution in [1.29, 1.82) is 5.26 Å². The number of benzene rings is 3. The smallest absolute Gasteiger partial charge is 0.305 e. The lowest BCUT2D eigenvalue weighted by molar-refractivity contribution is -0.138. The van der Waals surface area contributed by atoms with E-state index in [1.807, 2.05) is 32.0 Å². The van der Waals surface area contributed by atoms with Gasteiger partial charge in [-0.25, -0.2) is 4.98 Å². The lowest BCUT2D eigenvalue weighted by Gasteiger charge is -2.25. The van der Waals surface area contributed by atoms with Gasteiger partial charge in [0.05, 0.1) is 41.3 Å².